The molecule has 1 saturated heterocycles. The molecule has 5 heteroatoms. The topological polar surface area (TPSA) is 37.4 Å². The van der Waals surface area contributed by atoms with E-state index < -0.39 is 0 Å². The number of aromatic nitrogens is 1. The van der Waals surface area contributed by atoms with Crippen LogP contribution in [-0.4, -0.2) is 31.7 Å². The summed E-state index contributed by atoms with van der Waals surface area (Å²) < 4.78 is 5.26. The number of thiazole rings is 1. The lowest BCUT2D eigenvalue weighted by atomic mass is 10.0. The second kappa shape index (κ2) is 6.68. The molecule has 0 aliphatic carbocycles. The lowest BCUT2D eigenvalue weighted by molar-refractivity contribution is 0.181. The minimum atomic E-state index is 0.607. The first-order valence-corrected chi connectivity index (χ1v) is 7.90. The van der Waals surface area contributed by atoms with Crippen molar-refractivity contribution in [2.24, 2.45) is 11.8 Å². The number of hydrogen-bond acceptors (Lipinski definition) is 5. The summed E-state index contributed by atoms with van der Waals surface area (Å²) in [5.74, 6) is 1.51. The number of methoxy groups -OCH3 is 1. The first-order chi connectivity index (χ1) is 9.15. The quantitative estimate of drug-likeness (QED) is 0.870. The summed E-state index contributed by atoms with van der Waals surface area (Å²) in [6, 6.07) is 0. The summed E-state index contributed by atoms with van der Waals surface area (Å²) in [5, 5.41) is 4.54. The van der Waals surface area contributed by atoms with Crippen molar-refractivity contribution in [3.8, 4) is 0 Å². The monoisotopic (exact) mass is 283 g/mol. The van der Waals surface area contributed by atoms with Crippen LogP contribution in [0.15, 0.2) is 0 Å². The van der Waals surface area contributed by atoms with Gasteiger partial charge in [0.05, 0.1) is 12.3 Å². The molecule has 0 bridgehead atoms. The van der Waals surface area contributed by atoms with Gasteiger partial charge in [-0.05, 0) is 18.4 Å². The highest BCUT2D eigenvalue weighted by Gasteiger charge is 2.28. The van der Waals surface area contributed by atoms with Gasteiger partial charge < -0.3 is 15.0 Å². The van der Waals surface area contributed by atoms with Crippen molar-refractivity contribution in [3.05, 3.63) is 10.6 Å². The van der Waals surface area contributed by atoms with E-state index >= 15 is 0 Å². The Kier molecular flexibility index (Phi) is 5.19. The predicted octanol–water partition coefficient (Wildman–Crippen LogP) is 2.49. The van der Waals surface area contributed by atoms with E-state index in [4.69, 9.17) is 9.72 Å². The molecule has 4 nitrogen and oxygen atoms in total. The Morgan fingerprint density at radius 2 is 2.05 bits per heavy atom. The van der Waals surface area contributed by atoms with E-state index in [2.05, 4.69) is 31.0 Å². The van der Waals surface area contributed by atoms with Crippen molar-refractivity contribution < 1.29 is 4.74 Å². The average molecular weight is 283 g/mol. The largest absolute Gasteiger partial charge is 0.378 e. The van der Waals surface area contributed by atoms with Gasteiger partial charge in [0.15, 0.2) is 5.13 Å². The molecule has 1 fully saturated rings. The van der Waals surface area contributed by atoms with Crippen LogP contribution in [0.1, 0.15) is 31.3 Å². The molecule has 1 aromatic heterocycles. The van der Waals surface area contributed by atoms with E-state index in [1.165, 1.54) is 4.88 Å². The highest BCUT2D eigenvalue weighted by atomic mass is 32.1. The molecule has 1 N–H and O–H groups in total. The highest BCUT2D eigenvalue weighted by molar-refractivity contribution is 7.15. The third-order valence-electron chi connectivity index (χ3n) is 3.84. The molecule has 0 radical (unpaired) electrons. The van der Waals surface area contributed by atoms with Crippen LogP contribution < -0.4 is 10.2 Å². The fourth-order valence-electron chi connectivity index (χ4n) is 2.42. The summed E-state index contributed by atoms with van der Waals surface area (Å²) in [7, 11) is 1.73. The van der Waals surface area contributed by atoms with Gasteiger partial charge in [-0.25, -0.2) is 4.98 Å². The van der Waals surface area contributed by atoms with Crippen molar-refractivity contribution in [3.63, 3.8) is 0 Å². The van der Waals surface area contributed by atoms with Gasteiger partial charge in [0, 0.05) is 31.6 Å². The second-order valence-corrected chi connectivity index (χ2v) is 6.50. The third kappa shape index (κ3) is 3.46. The Balaban J connectivity index is 2.12. The fraction of sp³-hybridized carbons (Fsp3) is 0.786. The van der Waals surface area contributed by atoms with Gasteiger partial charge in [0.25, 0.3) is 0 Å². The van der Waals surface area contributed by atoms with Gasteiger partial charge >= 0.3 is 0 Å². The van der Waals surface area contributed by atoms with E-state index in [1.54, 1.807) is 7.11 Å². The molecule has 108 valence electrons. The normalized spacial score (nSPS) is 23.3. The van der Waals surface area contributed by atoms with Crippen LogP contribution in [0.2, 0.25) is 0 Å². The molecule has 1 aromatic rings. The van der Waals surface area contributed by atoms with Crippen LogP contribution >= 0.6 is 11.3 Å². The van der Waals surface area contributed by atoms with Crippen LogP contribution in [0.25, 0.3) is 0 Å². The highest BCUT2D eigenvalue weighted by Crippen LogP contribution is 2.32. The smallest absolute Gasteiger partial charge is 0.185 e. The lowest BCUT2D eigenvalue weighted by Crippen LogP contribution is -2.19. The van der Waals surface area contributed by atoms with Crippen LogP contribution in [0, 0.1) is 11.8 Å². The summed E-state index contributed by atoms with van der Waals surface area (Å²) in [5.41, 5.74) is 1.09. The Morgan fingerprint density at radius 1 is 1.37 bits per heavy atom. The molecule has 2 rings (SSSR count). The van der Waals surface area contributed by atoms with E-state index in [1.807, 2.05) is 11.3 Å². The molecule has 19 heavy (non-hydrogen) atoms. The van der Waals surface area contributed by atoms with Crippen molar-refractivity contribution >= 4 is 16.5 Å². The number of nitrogens with zero attached hydrogens (tertiary/aromatic N) is 2. The van der Waals surface area contributed by atoms with Crippen LogP contribution in [-0.2, 0) is 17.9 Å². The predicted molar refractivity (Wildman–Crippen MR) is 80.7 cm³/mol. The molecule has 1 aliphatic heterocycles. The van der Waals surface area contributed by atoms with E-state index in [0.717, 1.165) is 48.8 Å². The molecule has 2 heterocycles. The van der Waals surface area contributed by atoms with Gasteiger partial charge in [-0.3, -0.25) is 0 Å². The zero-order valence-electron chi connectivity index (χ0n) is 12.4. The van der Waals surface area contributed by atoms with Crippen LogP contribution in [0.5, 0.6) is 0 Å². The molecule has 1 aliphatic rings. The van der Waals surface area contributed by atoms with Gasteiger partial charge in [0.1, 0.15) is 0 Å². The van der Waals surface area contributed by atoms with Crippen molar-refractivity contribution in [2.75, 3.05) is 31.6 Å². The molecule has 2 atom stereocenters. The standard InChI is InChI=1S/C14H25N3OS/c1-5-15-6-13-12(9-18-4)16-14(19-13)17-7-10(2)11(3)8-17/h10-11,15H,5-9H2,1-4H3. The van der Waals surface area contributed by atoms with E-state index in [0.29, 0.717) is 6.61 Å². The average Bonchev–Trinajstić information content (AvgIpc) is 2.93. The SMILES string of the molecule is CCNCc1sc(N2CC(C)C(C)C2)nc1COC. The zero-order valence-corrected chi connectivity index (χ0v) is 13.2. The Bertz CT molecular complexity index is 397. The number of hydrogen-bond donors (Lipinski definition) is 1. The minimum Gasteiger partial charge on any atom is -0.378 e. The number of nitrogens with one attached hydrogen (secondary N) is 1. The summed E-state index contributed by atoms with van der Waals surface area (Å²) in [4.78, 5) is 8.52. The lowest BCUT2D eigenvalue weighted by Gasteiger charge is -2.13. The molecule has 2 unspecified atom stereocenters. The van der Waals surface area contributed by atoms with Gasteiger partial charge in [-0.2, -0.15) is 0 Å². The van der Waals surface area contributed by atoms with Gasteiger partial charge in [-0.15, -0.1) is 11.3 Å². The van der Waals surface area contributed by atoms with Crippen LogP contribution in [0.3, 0.4) is 0 Å². The molecular weight excluding hydrogens is 258 g/mol. The Labute approximate surface area is 120 Å². The molecule has 0 amide bonds. The van der Waals surface area contributed by atoms with Gasteiger partial charge in [-0.1, -0.05) is 20.8 Å². The van der Waals surface area contributed by atoms with E-state index in [-0.39, 0.29) is 0 Å². The summed E-state index contributed by atoms with van der Waals surface area (Å²) in [6.45, 7) is 11.5. The van der Waals surface area contributed by atoms with Crippen molar-refractivity contribution in [1.29, 1.82) is 0 Å². The zero-order chi connectivity index (χ0) is 13.8. The molecule has 0 spiro atoms. The second-order valence-electron chi connectivity index (χ2n) is 5.44. The van der Waals surface area contributed by atoms with Gasteiger partial charge in [0.2, 0.25) is 0 Å². The maximum atomic E-state index is 5.26. The van der Waals surface area contributed by atoms with Crippen LogP contribution in [0.4, 0.5) is 5.13 Å². The van der Waals surface area contributed by atoms with Crippen molar-refractivity contribution in [1.82, 2.24) is 10.3 Å². The number of anilines is 1. The van der Waals surface area contributed by atoms with E-state index in [9.17, 15) is 0 Å². The molecule has 0 saturated carbocycles. The first kappa shape index (κ1) is 14.8. The van der Waals surface area contributed by atoms with Crippen molar-refractivity contribution in [2.45, 2.75) is 33.9 Å². The fourth-order valence-corrected chi connectivity index (χ4v) is 3.47. The minimum absolute atomic E-state index is 0.607. The summed E-state index contributed by atoms with van der Waals surface area (Å²) >= 11 is 1.81. The summed E-state index contributed by atoms with van der Waals surface area (Å²) in [6.07, 6.45) is 0. The molecular formula is C14H25N3OS. The maximum absolute atomic E-state index is 5.26. The first-order valence-electron chi connectivity index (χ1n) is 7.08. The number of ether oxygens (including phenoxy) is 1. The third-order valence-corrected chi connectivity index (χ3v) is 5.00. The maximum Gasteiger partial charge on any atom is 0.185 e. The number of rotatable bonds is 6. The Hall–Kier alpha value is -0.650. The Morgan fingerprint density at radius 3 is 2.63 bits per heavy atom. The molecule has 0 aromatic carbocycles.